The van der Waals surface area contributed by atoms with Crippen molar-refractivity contribution in [2.24, 2.45) is 5.92 Å². The molecule has 2 amide bonds. The Morgan fingerprint density at radius 2 is 1.70 bits per heavy atom. The summed E-state index contributed by atoms with van der Waals surface area (Å²) in [5.74, 6) is -0.496. The molecule has 2 heterocycles. The number of pyridine rings is 1. The lowest BCUT2D eigenvalue weighted by Gasteiger charge is -2.35. The largest absolute Gasteiger partial charge is 0.478 e. The van der Waals surface area contributed by atoms with Crippen LogP contribution in [-0.4, -0.2) is 63.9 Å². The van der Waals surface area contributed by atoms with Gasteiger partial charge in [0.1, 0.15) is 5.69 Å². The van der Waals surface area contributed by atoms with Crippen LogP contribution < -0.4 is 0 Å². The highest BCUT2D eigenvalue weighted by Crippen LogP contribution is 2.27. The topological polar surface area (TPSA) is 90.8 Å². The molecule has 27 heavy (non-hydrogen) atoms. The van der Waals surface area contributed by atoms with E-state index in [9.17, 15) is 14.4 Å². The molecule has 7 heteroatoms. The number of amides is 2. The second-order valence-electron chi connectivity index (χ2n) is 7.45. The molecule has 146 valence electrons. The first kappa shape index (κ1) is 19.3. The van der Waals surface area contributed by atoms with Crippen LogP contribution >= 0.6 is 0 Å². The van der Waals surface area contributed by atoms with Gasteiger partial charge in [0.2, 0.25) is 5.91 Å². The van der Waals surface area contributed by atoms with Crippen LogP contribution in [0.4, 0.5) is 0 Å². The predicted octanol–water partition coefficient (Wildman–Crippen LogP) is 2.42. The normalized spacial score (nSPS) is 18.4. The first-order valence-electron chi connectivity index (χ1n) is 9.81. The van der Waals surface area contributed by atoms with E-state index in [0.29, 0.717) is 38.5 Å². The molecular weight excluding hydrogens is 346 g/mol. The van der Waals surface area contributed by atoms with Crippen LogP contribution in [0.15, 0.2) is 18.3 Å². The molecular formula is C20H27N3O4. The summed E-state index contributed by atoms with van der Waals surface area (Å²) in [4.78, 5) is 43.5. The second kappa shape index (κ2) is 8.97. The van der Waals surface area contributed by atoms with Gasteiger partial charge in [0.15, 0.2) is 0 Å². The molecule has 2 aliphatic rings. The van der Waals surface area contributed by atoms with Gasteiger partial charge >= 0.3 is 5.97 Å². The molecule has 0 aromatic carbocycles. The van der Waals surface area contributed by atoms with Crippen molar-refractivity contribution in [3.63, 3.8) is 0 Å². The first-order valence-corrected chi connectivity index (χ1v) is 9.81. The number of piperazine rings is 1. The van der Waals surface area contributed by atoms with Gasteiger partial charge < -0.3 is 14.9 Å². The molecule has 1 aromatic rings. The lowest BCUT2D eigenvalue weighted by molar-refractivity contribution is -0.133. The van der Waals surface area contributed by atoms with E-state index in [0.717, 1.165) is 6.42 Å². The van der Waals surface area contributed by atoms with Gasteiger partial charge in [-0.2, -0.15) is 0 Å². The molecule has 1 aromatic heterocycles. The standard InChI is InChI=1S/C20H27N3O4/c24-18(7-6-15-4-2-1-3-5-15)22-10-12-23(13-11-22)19(25)17-14-16(20(26)27)8-9-21-17/h8-9,14-15H,1-7,10-13H2,(H,26,27). The summed E-state index contributed by atoms with van der Waals surface area (Å²) in [6.45, 7) is 1.95. The predicted molar refractivity (Wildman–Crippen MR) is 99.5 cm³/mol. The lowest BCUT2D eigenvalue weighted by atomic mass is 9.86. The Morgan fingerprint density at radius 1 is 1.04 bits per heavy atom. The highest BCUT2D eigenvalue weighted by molar-refractivity contribution is 5.96. The minimum Gasteiger partial charge on any atom is -0.478 e. The van der Waals surface area contributed by atoms with E-state index in [1.54, 1.807) is 4.90 Å². The van der Waals surface area contributed by atoms with E-state index in [1.807, 2.05) is 4.90 Å². The molecule has 0 atom stereocenters. The van der Waals surface area contributed by atoms with E-state index in [1.165, 1.54) is 50.4 Å². The summed E-state index contributed by atoms with van der Waals surface area (Å²) in [6.07, 6.45) is 9.31. The van der Waals surface area contributed by atoms with E-state index < -0.39 is 5.97 Å². The van der Waals surface area contributed by atoms with Gasteiger partial charge in [-0.25, -0.2) is 4.79 Å². The number of carboxylic acids is 1. The number of rotatable bonds is 5. The van der Waals surface area contributed by atoms with Gasteiger partial charge in [0, 0.05) is 38.8 Å². The van der Waals surface area contributed by atoms with Gasteiger partial charge in [0.05, 0.1) is 5.56 Å². The maximum absolute atomic E-state index is 12.6. The van der Waals surface area contributed by atoms with Crippen LogP contribution in [0.1, 0.15) is 65.8 Å². The van der Waals surface area contributed by atoms with E-state index in [2.05, 4.69) is 4.98 Å². The summed E-state index contributed by atoms with van der Waals surface area (Å²) < 4.78 is 0. The second-order valence-corrected chi connectivity index (χ2v) is 7.45. The van der Waals surface area contributed by atoms with Gasteiger partial charge in [-0.05, 0) is 24.5 Å². The van der Waals surface area contributed by atoms with Gasteiger partial charge in [-0.1, -0.05) is 32.1 Å². The number of hydrogen-bond acceptors (Lipinski definition) is 4. The molecule has 1 aliphatic carbocycles. The fourth-order valence-corrected chi connectivity index (χ4v) is 3.96. The van der Waals surface area contributed by atoms with E-state index in [4.69, 9.17) is 5.11 Å². The Labute approximate surface area is 159 Å². The van der Waals surface area contributed by atoms with Gasteiger partial charge in [0.25, 0.3) is 5.91 Å². The molecule has 0 unspecified atom stereocenters. The summed E-state index contributed by atoms with van der Waals surface area (Å²) in [7, 11) is 0. The number of carbonyl (C=O) groups is 3. The number of nitrogens with zero attached hydrogens (tertiary/aromatic N) is 3. The third-order valence-electron chi connectivity index (χ3n) is 5.64. The Morgan fingerprint density at radius 3 is 2.37 bits per heavy atom. The van der Waals surface area contributed by atoms with Gasteiger partial charge in [-0.15, -0.1) is 0 Å². The SMILES string of the molecule is O=C(O)c1ccnc(C(=O)N2CCN(C(=O)CCC3CCCCC3)CC2)c1. The summed E-state index contributed by atoms with van der Waals surface area (Å²) in [5.41, 5.74) is 0.178. The van der Waals surface area contributed by atoms with Crippen molar-refractivity contribution in [1.29, 1.82) is 0 Å². The smallest absolute Gasteiger partial charge is 0.335 e. The van der Waals surface area contributed by atoms with Crippen LogP contribution in [0.3, 0.4) is 0 Å². The Bertz CT molecular complexity index is 692. The van der Waals surface area contributed by atoms with Crippen molar-refractivity contribution in [3.05, 3.63) is 29.6 Å². The zero-order valence-electron chi connectivity index (χ0n) is 15.6. The molecule has 0 bridgehead atoms. The van der Waals surface area contributed by atoms with Crippen LogP contribution in [0.25, 0.3) is 0 Å². The minimum atomic E-state index is -1.08. The molecule has 0 spiro atoms. The molecule has 1 N–H and O–H groups in total. The van der Waals surface area contributed by atoms with Crippen molar-refractivity contribution in [3.8, 4) is 0 Å². The fraction of sp³-hybridized carbons (Fsp3) is 0.600. The van der Waals surface area contributed by atoms with E-state index >= 15 is 0 Å². The first-order chi connectivity index (χ1) is 13.0. The molecule has 0 radical (unpaired) electrons. The number of hydrogen-bond donors (Lipinski definition) is 1. The highest BCUT2D eigenvalue weighted by atomic mass is 16.4. The minimum absolute atomic E-state index is 0.0462. The molecule has 7 nitrogen and oxygen atoms in total. The van der Waals surface area contributed by atoms with Crippen LogP contribution in [0.5, 0.6) is 0 Å². The Hall–Kier alpha value is -2.44. The summed E-state index contributed by atoms with van der Waals surface area (Å²) >= 11 is 0. The number of carbonyl (C=O) groups excluding carboxylic acids is 2. The van der Waals surface area contributed by atoms with Gasteiger partial charge in [-0.3, -0.25) is 14.6 Å². The average Bonchev–Trinajstić information content (AvgIpc) is 2.72. The number of aromatic carboxylic acids is 1. The third kappa shape index (κ3) is 5.05. The van der Waals surface area contributed by atoms with Crippen LogP contribution in [0.2, 0.25) is 0 Å². The monoisotopic (exact) mass is 373 g/mol. The molecule has 1 saturated heterocycles. The van der Waals surface area contributed by atoms with Crippen molar-refractivity contribution >= 4 is 17.8 Å². The average molecular weight is 373 g/mol. The maximum Gasteiger partial charge on any atom is 0.335 e. The van der Waals surface area contributed by atoms with Crippen molar-refractivity contribution < 1.29 is 19.5 Å². The van der Waals surface area contributed by atoms with Crippen molar-refractivity contribution in [2.45, 2.75) is 44.9 Å². The molecule has 1 saturated carbocycles. The maximum atomic E-state index is 12.6. The molecule has 1 aliphatic heterocycles. The van der Waals surface area contributed by atoms with Crippen molar-refractivity contribution in [2.75, 3.05) is 26.2 Å². The van der Waals surface area contributed by atoms with Crippen molar-refractivity contribution in [1.82, 2.24) is 14.8 Å². The Kier molecular flexibility index (Phi) is 6.42. The number of aromatic nitrogens is 1. The summed E-state index contributed by atoms with van der Waals surface area (Å²) in [6, 6.07) is 2.66. The zero-order valence-corrected chi connectivity index (χ0v) is 15.6. The summed E-state index contributed by atoms with van der Waals surface area (Å²) in [5, 5.41) is 9.04. The Balaban J connectivity index is 1.47. The van der Waals surface area contributed by atoms with Crippen LogP contribution in [0, 0.1) is 5.92 Å². The third-order valence-corrected chi connectivity index (χ3v) is 5.64. The quantitative estimate of drug-likeness (QED) is 0.856. The molecule has 2 fully saturated rings. The number of carboxylic acid groups (broad SMARTS) is 1. The molecule has 3 rings (SSSR count). The highest BCUT2D eigenvalue weighted by Gasteiger charge is 2.26. The fourth-order valence-electron chi connectivity index (χ4n) is 3.96. The zero-order chi connectivity index (χ0) is 19.2. The van der Waals surface area contributed by atoms with E-state index in [-0.39, 0.29) is 23.1 Å². The van der Waals surface area contributed by atoms with Crippen LogP contribution in [-0.2, 0) is 4.79 Å². The lowest BCUT2D eigenvalue weighted by Crippen LogP contribution is -2.50.